The van der Waals surface area contributed by atoms with Crippen molar-refractivity contribution in [3.63, 3.8) is 0 Å². The van der Waals surface area contributed by atoms with Gasteiger partial charge in [-0.25, -0.2) is 4.98 Å². The summed E-state index contributed by atoms with van der Waals surface area (Å²) in [5, 5.41) is 19.2. The summed E-state index contributed by atoms with van der Waals surface area (Å²) >= 11 is 1.71. The first kappa shape index (κ1) is 12.0. The minimum Gasteiger partial charge on any atom is -0.508 e. The van der Waals surface area contributed by atoms with Gasteiger partial charge >= 0.3 is 0 Å². The van der Waals surface area contributed by atoms with Crippen LogP contribution in [0.4, 0.5) is 5.82 Å². The molecule has 0 aliphatic rings. The second kappa shape index (κ2) is 4.90. The fourth-order valence-corrected chi connectivity index (χ4v) is 2.90. The van der Waals surface area contributed by atoms with Gasteiger partial charge < -0.3 is 10.4 Å². The zero-order valence-electron chi connectivity index (χ0n) is 10.6. The second-order valence-corrected chi connectivity index (χ2v) is 5.24. The van der Waals surface area contributed by atoms with Crippen LogP contribution < -0.4 is 5.32 Å². The van der Waals surface area contributed by atoms with Crippen molar-refractivity contribution in [3.05, 3.63) is 52.3 Å². The average molecular weight is 270 g/mol. The maximum absolute atomic E-state index is 9.60. The van der Waals surface area contributed by atoms with E-state index in [4.69, 9.17) is 0 Å². The number of nitrogens with zero attached hydrogens (tertiary/aromatic N) is 1. The summed E-state index contributed by atoms with van der Waals surface area (Å²) in [6, 6.07) is 7.27. The molecule has 0 saturated heterocycles. The van der Waals surface area contributed by atoms with Crippen molar-refractivity contribution in [1.29, 1.82) is 0 Å². The fourth-order valence-electron chi connectivity index (χ4n) is 2.04. The number of aromatic hydroxyl groups is 1. The van der Waals surface area contributed by atoms with Gasteiger partial charge in [0.25, 0.3) is 0 Å². The second-order valence-electron chi connectivity index (χ2n) is 4.50. The average Bonchev–Trinajstić information content (AvgIpc) is 2.82. The van der Waals surface area contributed by atoms with E-state index in [1.807, 2.05) is 12.1 Å². The third-order valence-corrected chi connectivity index (χ3v) is 4.07. The number of nitrogens with one attached hydrogen (secondary N) is 1. The first-order valence-electron chi connectivity index (χ1n) is 6.07. The minimum absolute atomic E-state index is 0.260. The van der Waals surface area contributed by atoms with Crippen molar-refractivity contribution in [2.24, 2.45) is 0 Å². The van der Waals surface area contributed by atoms with Gasteiger partial charge in [0.05, 0.1) is 0 Å². The Balaban J connectivity index is 1.92. The van der Waals surface area contributed by atoms with E-state index in [9.17, 15) is 5.11 Å². The third kappa shape index (κ3) is 2.39. The monoisotopic (exact) mass is 270 g/mol. The molecule has 0 bridgehead atoms. The highest BCUT2D eigenvalue weighted by atomic mass is 32.1. The van der Waals surface area contributed by atoms with E-state index in [-0.39, 0.29) is 5.75 Å². The van der Waals surface area contributed by atoms with Gasteiger partial charge in [0.1, 0.15) is 11.6 Å². The van der Waals surface area contributed by atoms with E-state index in [0.29, 0.717) is 0 Å². The van der Waals surface area contributed by atoms with Gasteiger partial charge in [-0.2, -0.15) is 11.3 Å². The molecule has 3 aromatic rings. The number of rotatable bonds is 3. The Labute approximate surface area is 115 Å². The molecule has 96 valence electrons. The molecular weight excluding hydrogens is 256 g/mol. The highest BCUT2D eigenvalue weighted by Gasteiger charge is 2.04. The summed E-state index contributed by atoms with van der Waals surface area (Å²) in [6.45, 7) is 2.85. The molecule has 4 heteroatoms. The van der Waals surface area contributed by atoms with Gasteiger partial charge in [-0.15, -0.1) is 0 Å². The van der Waals surface area contributed by atoms with Crippen LogP contribution in [0.15, 0.2) is 41.2 Å². The zero-order chi connectivity index (χ0) is 13.2. The molecule has 2 heterocycles. The molecule has 0 saturated carbocycles. The number of benzene rings is 1. The number of hydrogen-bond donors (Lipinski definition) is 2. The number of fused-ring (bicyclic) bond motifs is 1. The summed E-state index contributed by atoms with van der Waals surface area (Å²) in [5.41, 5.74) is 2.57. The summed E-state index contributed by atoms with van der Waals surface area (Å²) < 4.78 is 0. The minimum atomic E-state index is 0.260. The SMILES string of the molecule is Cc1cscc1CNc1nccc2ccc(O)cc12. The van der Waals surface area contributed by atoms with Gasteiger partial charge in [0.15, 0.2) is 0 Å². The number of phenols is 1. The Kier molecular flexibility index (Phi) is 3.09. The smallest absolute Gasteiger partial charge is 0.134 e. The Hall–Kier alpha value is -2.07. The predicted molar refractivity (Wildman–Crippen MR) is 79.8 cm³/mol. The van der Waals surface area contributed by atoms with Crippen LogP contribution in [0.5, 0.6) is 5.75 Å². The van der Waals surface area contributed by atoms with Crippen molar-refractivity contribution in [2.45, 2.75) is 13.5 Å². The molecule has 0 fully saturated rings. The quantitative estimate of drug-likeness (QED) is 0.758. The Morgan fingerprint density at radius 3 is 2.95 bits per heavy atom. The molecule has 2 N–H and O–H groups in total. The van der Waals surface area contributed by atoms with E-state index in [0.717, 1.165) is 23.1 Å². The molecule has 3 rings (SSSR count). The number of thiophene rings is 1. The molecule has 0 amide bonds. The van der Waals surface area contributed by atoms with Crippen molar-refractivity contribution in [1.82, 2.24) is 4.98 Å². The summed E-state index contributed by atoms with van der Waals surface area (Å²) in [4.78, 5) is 4.36. The van der Waals surface area contributed by atoms with E-state index in [1.165, 1.54) is 11.1 Å². The van der Waals surface area contributed by atoms with Gasteiger partial charge in [-0.05, 0) is 52.4 Å². The molecule has 0 radical (unpaired) electrons. The molecule has 0 aliphatic carbocycles. The number of anilines is 1. The largest absolute Gasteiger partial charge is 0.508 e. The molecular formula is C15H14N2OS. The van der Waals surface area contributed by atoms with Crippen molar-refractivity contribution in [2.75, 3.05) is 5.32 Å². The number of aromatic nitrogens is 1. The Morgan fingerprint density at radius 2 is 2.16 bits per heavy atom. The van der Waals surface area contributed by atoms with Crippen LogP contribution in [0.2, 0.25) is 0 Å². The molecule has 0 atom stereocenters. The number of hydrogen-bond acceptors (Lipinski definition) is 4. The van der Waals surface area contributed by atoms with E-state index in [1.54, 1.807) is 29.7 Å². The van der Waals surface area contributed by atoms with Crippen LogP contribution in [-0.2, 0) is 6.54 Å². The van der Waals surface area contributed by atoms with E-state index >= 15 is 0 Å². The van der Waals surface area contributed by atoms with Crippen LogP contribution in [0.25, 0.3) is 10.8 Å². The van der Waals surface area contributed by atoms with Crippen LogP contribution in [0, 0.1) is 6.92 Å². The summed E-state index contributed by atoms with van der Waals surface area (Å²) in [5.74, 6) is 1.06. The fraction of sp³-hybridized carbons (Fsp3) is 0.133. The highest BCUT2D eigenvalue weighted by Crippen LogP contribution is 2.25. The lowest BCUT2D eigenvalue weighted by Crippen LogP contribution is -2.01. The van der Waals surface area contributed by atoms with Gasteiger partial charge in [-0.1, -0.05) is 6.07 Å². The van der Waals surface area contributed by atoms with Gasteiger partial charge in [0.2, 0.25) is 0 Å². The maximum atomic E-state index is 9.60. The Bertz CT molecular complexity index is 721. The summed E-state index contributed by atoms with van der Waals surface area (Å²) in [6.07, 6.45) is 1.78. The predicted octanol–water partition coefficient (Wildman–Crippen LogP) is 3.92. The first-order valence-corrected chi connectivity index (χ1v) is 7.01. The van der Waals surface area contributed by atoms with Crippen molar-refractivity contribution in [3.8, 4) is 5.75 Å². The molecule has 19 heavy (non-hydrogen) atoms. The molecule has 0 aliphatic heterocycles. The Morgan fingerprint density at radius 1 is 1.26 bits per heavy atom. The third-order valence-electron chi connectivity index (χ3n) is 3.16. The molecule has 1 aromatic carbocycles. The lowest BCUT2D eigenvalue weighted by Gasteiger charge is -2.09. The van der Waals surface area contributed by atoms with Gasteiger partial charge in [0, 0.05) is 18.1 Å². The number of pyridine rings is 1. The van der Waals surface area contributed by atoms with Gasteiger partial charge in [-0.3, -0.25) is 0 Å². The number of aryl methyl sites for hydroxylation is 1. The van der Waals surface area contributed by atoms with Crippen molar-refractivity contribution >= 4 is 27.9 Å². The van der Waals surface area contributed by atoms with E-state index < -0.39 is 0 Å². The molecule has 3 nitrogen and oxygen atoms in total. The lowest BCUT2D eigenvalue weighted by molar-refractivity contribution is 0.476. The maximum Gasteiger partial charge on any atom is 0.134 e. The molecule has 0 unspecified atom stereocenters. The standard InChI is InChI=1S/C15H14N2OS/c1-10-8-19-9-12(10)7-17-15-14-6-13(18)3-2-11(14)4-5-16-15/h2-6,8-9,18H,7H2,1H3,(H,16,17). The number of phenolic OH excluding ortho intramolecular Hbond substituents is 1. The first-order chi connectivity index (χ1) is 9.24. The van der Waals surface area contributed by atoms with Crippen LogP contribution in [0.1, 0.15) is 11.1 Å². The lowest BCUT2D eigenvalue weighted by atomic mass is 10.1. The van der Waals surface area contributed by atoms with Crippen LogP contribution in [0.3, 0.4) is 0 Å². The molecule has 2 aromatic heterocycles. The van der Waals surface area contributed by atoms with Crippen molar-refractivity contribution < 1.29 is 5.11 Å². The molecule has 0 spiro atoms. The zero-order valence-corrected chi connectivity index (χ0v) is 11.4. The summed E-state index contributed by atoms with van der Waals surface area (Å²) in [7, 11) is 0. The van der Waals surface area contributed by atoms with E-state index in [2.05, 4.69) is 28.0 Å². The van der Waals surface area contributed by atoms with Crippen LogP contribution in [-0.4, -0.2) is 10.1 Å². The highest BCUT2D eigenvalue weighted by molar-refractivity contribution is 7.08. The topological polar surface area (TPSA) is 45.2 Å². The normalized spacial score (nSPS) is 10.8. The van der Waals surface area contributed by atoms with Crippen LogP contribution >= 0.6 is 11.3 Å².